The Morgan fingerprint density at radius 1 is 1.53 bits per heavy atom. The van der Waals surface area contributed by atoms with Gasteiger partial charge in [0.25, 0.3) is 0 Å². The highest BCUT2D eigenvalue weighted by molar-refractivity contribution is 5.98. The molecule has 6 nitrogen and oxygen atoms in total. The Hall–Kier alpha value is -1.43. The molecular formula is C9H14N2O4. The van der Waals surface area contributed by atoms with Crippen molar-refractivity contribution in [3.8, 4) is 0 Å². The van der Waals surface area contributed by atoms with Crippen LogP contribution in [-0.2, 0) is 14.4 Å². The molecule has 0 aromatic rings. The van der Waals surface area contributed by atoms with E-state index in [0.29, 0.717) is 0 Å². The van der Waals surface area contributed by atoms with Crippen LogP contribution in [-0.4, -0.2) is 40.4 Å². The Balaban J connectivity index is 2.65. The van der Waals surface area contributed by atoms with Gasteiger partial charge in [-0.15, -0.1) is 0 Å². The van der Waals surface area contributed by atoms with E-state index in [0.717, 1.165) is 4.90 Å². The fourth-order valence-corrected chi connectivity index (χ4v) is 1.51. The normalized spacial score (nSPS) is 20.5. The number of nitrogens with zero attached hydrogens (tertiary/aromatic N) is 1. The molecule has 0 aliphatic carbocycles. The van der Waals surface area contributed by atoms with Crippen LogP contribution in [0.25, 0.3) is 0 Å². The van der Waals surface area contributed by atoms with Gasteiger partial charge >= 0.3 is 5.97 Å². The summed E-state index contributed by atoms with van der Waals surface area (Å²) in [6, 6.07) is -1.20. The first kappa shape index (κ1) is 11.6. The van der Waals surface area contributed by atoms with Crippen molar-refractivity contribution in [2.45, 2.75) is 25.8 Å². The van der Waals surface area contributed by atoms with Gasteiger partial charge in [-0.3, -0.25) is 19.3 Å². The van der Waals surface area contributed by atoms with Gasteiger partial charge in [-0.2, -0.15) is 0 Å². The van der Waals surface area contributed by atoms with E-state index < -0.39 is 12.0 Å². The van der Waals surface area contributed by atoms with Crippen LogP contribution in [0.3, 0.4) is 0 Å². The van der Waals surface area contributed by atoms with Crippen molar-refractivity contribution < 1.29 is 19.5 Å². The highest BCUT2D eigenvalue weighted by Gasteiger charge is 2.32. The Morgan fingerprint density at radius 2 is 2.00 bits per heavy atom. The lowest BCUT2D eigenvalue weighted by molar-refractivity contribution is -0.151. The fourth-order valence-electron chi connectivity index (χ4n) is 1.51. The largest absolute Gasteiger partial charge is 0.480 e. The van der Waals surface area contributed by atoms with Crippen molar-refractivity contribution in [2.24, 2.45) is 11.7 Å². The number of piperidine rings is 1. The minimum absolute atomic E-state index is 0.0299. The Labute approximate surface area is 87.0 Å². The summed E-state index contributed by atoms with van der Waals surface area (Å²) in [6.45, 7) is 1.57. The Kier molecular flexibility index (Phi) is 3.41. The lowest BCUT2D eigenvalue weighted by Crippen LogP contribution is -2.50. The minimum Gasteiger partial charge on any atom is -0.480 e. The van der Waals surface area contributed by atoms with Crippen LogP contribution in [0.4, 0.5) is 0 Å². The molecule has 1 saturated heterocycles. The van der Waals surface area contributed by atoms with Crippen LogP contribution in [0.2, 0.25) is 0 Å². The number of carbonyl (C=O) groups excluding carboxylic acids is 2. The van der Waals surface area contributed by atoms with Crippen molar-refractivity contribution in [3.63, 3.8) is 0 Å². The second kappa shape index (κ2) is 4.39. The van der Waals surface area contributed by atoms with Gasteiger partial charge in [-0.1, -0.05) is 6.92 Å². The molecule has 3 N–H and O–H groups in total. The predicted octanol–water partition coefficient (Wildman–Crippen LogP) is -0.817. The monoisotopic (exact) mass is 214 g/mol. The maximum absolute atomic E-state index is 11.4. The molecule has 2 amide bonds. The summed E-state index contributed by atoms with van der Waals surface area (Å²) in [5, 5.41) is 8.56. The number of hydrogen-bond acceptors (Lipinski definition) is 4. The van der Waals surface area contributed by atoms with Gasteiger partial charge in [-0.25, -0.2) is 0 Å². The number of amides is 2. The first-order chi connectivity index (χ1) is 6.91. The number of likely N-dealkylation sites (tertiary alicyclic amines) is 1. The van der Waals surface area contributed by atoms with Gasteiger partial charge in [0.15, 0.2) is 0 Å². The Bertz CT molecular complexity index is 284. The lowest BCUT2D eigenvalue weighted by Gasteiger charge is -2.29. The van der Waals surface area contributed by atoms with Crippen molar-refractivity contribution in [3.05, 3.63) is 0 Å². The first-order valence-corrected chi connectivity index (χ1v) is 4.73. The van der Waals surface area contributed by atoms with E-state index in [1.807, 2.05) is 6.92 Å². The molecule has 0 saturated carbocycles. The molecule has 6 heteroatoms. The van der Waals surface area contributed by atoms with Crippen LogP contribution in [0, 0.1) is 5.92 Å². The summed E-state index contributed by atoms with van der Waals surface area (Å²) >= 11 is 0. The van der Waals surface area contributed by atoms with Crippen LogP contribution < -0.4 is 5.73 Å². The van der Waals surface area contributed by atoms with E-state index in [2.05, 4.69) is 0 Å². The van der Waals surface area contributed by atoms with E-state index in [-0.39, 0.29) is 37.1 Å². The third-order valence-corrected chi connectivity index (χ3v) is 2.34. The van der Waals surface area contributed by atoms with E-state index in [1.54, 1.807) is 0 Å². The predicted molar refractivity (Wildman–Crippen MR) is 50.7 cm³/mol. The van der Waals surface area contributed by atoms with Gasteiger partial charge < -0.3 is 10.8 Å². The first-order valence-electron chi connectivity index (χ1n) is 4.73. The highest BCUT2D eigenvalue weighted by Crippen LogP contribution is 2.18. The smallest absolute Gasteiger partial charge is 0.322 e. The molecule has 1 unspecified atom stereocenters. The SMILES string of the molecule is CC1CC(=O)N(CC(N)C(=O)O)C(=O)C1. The molecule has 0 radical (unpaired) electrons. The number of imide groups is 1. The van der Waals surface area contributed by atoms with Crippen LogP contribution in [0.15, 0.2) is 0 Å². The summed E-state index contributed by atoms with van der Waals surface area (Å²) < 4.78 is 0. The molecule has 1 fully saturated rings. The van der Waals surface area contributed by atoms with E-state index in [1.165, 1.54) is 0 Å². The average molecular weight is 214 g/mol. The molecule has 1 rings (SSSR count). The quantitative estimate of drug-likeness (QED) is 0.598. The Morgan fingerprint density at radius 3 is 2.40 bits per heavy atom. The standard InChI is InChI=1S/C9H14N2O4/c1-5-2-7(12)11(8(13)3-5)4-6(10)9(14)15/h5-6H,2-4,10H2,1H3,(H,14,15). The summed E-state index contributed by atoms with van der Waals surface area (Å²) in [6.07, 6.45) is 0.552. The van der Waals surface area contributed by atoms with Crippen LogP contribution in [0.5, 0.6) is 0 Å². The maximum atomic E-state index is 11.4. The zero-order valence-electron chi connectivity index (χ0n) is 8.47. The average Bonchev–Trinajstić information content (AvgIpc) is 2.10. The third-order valence-electron chi connectivity index (χ3n) is 2.34. The molecule has 84 valence electrons. The number of nitrogens with two attached hydrogens (primary N) is 1. The summed E-state index contributed by atoms with van der Waals surface area (Å²) in [5.74, 6) is -1.86. The van der Waals surface area contributed by atoms with Gasteiger partial charge in [0.05, 0.1) is 6.54 Å². The number of carboxylic acid groups (broad SMARTS) is 1. The second-order valence-corrected chi connectivity index (χ2v) is 3.86. The van der Waals surface area contributed by atoms with Crippen LogP contribution in [0.1, 0.15) is 19.8 Å². The van der Waals surface area contributed by atoms with Crippen LogP contribution >= 0.6 is 0 Å². The summed E-state index contributed by atoms with van der Waals surface area (Å²) in [7, 11) is 0. The van der Waals surface area contributed by atoms with Gasteiger partial charge in [0.1, 0.15) is 6.04 Å². The van der Waals surface area contributed by atoms with E-state index in [4.69, 9.17) is 10.8 Å². The van der Waals surface area contributed by atoms with Gasteiger partial charge in [0, 0.05) is 12.8 Å². The molecule has 0 aromatic heterocycles. The number of carbonyl (C=O) groups is 3. The van der Waals surface area contributed by atoms with Crippen molar-refractivity contribution in [1.82, 2.24) is 4.90 Å². The molecule has 1 atom stereocenters. The summed E-state index contributed by atoms with van der Waals surface area (Å²) in [5.41, 5.74) is 5.26. The number of hydrogen-bond donors (Lipinski definition) is 2. The van der Waals surface area contributed by atoms with E-state index >= 15 is 0 Å². The second-order valence-electron chi connectivity index (χ2n) is 3.86. The molecule has 0 aromatic carbocycles. The fraction of sp³-hybridized carbons (Fsp3) is 0.667. The third kappa shape index (κ3) is 2.76. The topological polar surface area (TPSA) is 101 Å². The van der Waals surface area contributed by atoms with Crippen molar-refractivity contribution in [2.75, 3.05) is 6.54 Å². The zero-order valence-corrected chi connectivity index (χ0v) is 8.47. The number of aliphatic carboxylic acids is 1. The van der Waals surface area contributed by atoms with Crippen molar-refractivity contribution >= 4 is 17.8 Å². The molecule has 1 aliphatic heterocycles. The van der Waals surface area contributed by atoms with Gasteiger partial charge in [0.2, 0.25) is 11.8 Å². The van der Waals surface area contributed by atoms with Gasteiger partial charge in [-0.05, 0) is 5.92 Å². The number of carboxylic acids is 1. The van der Waals surface area contributed by atoms with Crippen molar-refractivity contribution in [1.29, 1.82) is 0 Å². The molecule has 1 aliphatic rings. The lowest BCUT2D eigenvalue weighted by atomic mass is 9.97. The highest BCUT2D eigenvalue weighted by atomic mass is 16.4. The zero-order chi connectivity index (χ0) is 11.6. The molecule has 1 heterocycles. The maximum Gasteiger partial charge on any atom is 0.322 e. The molecule has 0 spiro atoms. The summed E-state index contributed by atoms with van der Waals surface area (Å²) in [4.78, 5) is 34.3. The molecule has 15 heavy (non-hydrogen) atoms. The van der Waals surface area contributed by atoms with E-state index in [9.17, 15) is 14.4 Å². The molecule has 0 bridgehead atoms. The molecular weight excluding hydrogens is 200 g/mol. The minimum atomic E-state index is -1.21. The number of rotatable bonds is 3.